The van der Waals surface area contributed by atoms with Gasteiger partial charge in [0.2, 0.25) is 21.8 Å². The molecule has 0 saturated carbocycles. The Morgan fingerprint density at radius 2 is 1.66 bits per heavy atom. The number of carbonyl (C=O) groups is 2. The number of sulfonamides is 1. The van der Waals surface area contributed by atoms with E-state index in [9.17, 15) is 22.4 Å². The van der Waals surface area contributed by atoms with Gasteiger partial charge in [-0.1, -0.05) is 36.4 Å². The first-order valence-corrected chi connectivity index (χ1v) is 10.8. The fourth-order valence-electron chi connectivity index (χ4n) is 2.81. The Morgan fingerprint density at radius 3 is 2.21 bits per heavy atom. The zero-order valence-corrected chi connectivity index (χ0v) is 17.3. The lowest BCUT2D eigenvalue weighted by Gasteiger charge is -2.31. The van der Waals surface area contributed by atoms with E-state index in [2.05, 4.69) is 5.32 Å². The van der Waals surface area contributed by atoms with Gasteiger partial charge in [-0.05, 0) is 25.1 Å². The summed E-state index contributed by atoms with van der Waals surface area (Å²) in [4.78, 5) is 26.4. The van der Waals surface area contributed by atoms with Crippen molar-refractivity contribution in [2.75, 3.05) is 24.2 Å². The van der Waals surface area contributed by atoms with Crippen molar-refractivity contribution in [1.82, 2.24) is 10.2 Å². The molecule has 7 nitrogen and oxygen atoms in total. The molecular formula is C20H24FN3O4S. The van der Waals surface area contributed by atoms with Crippen molar-refractivity contribution < 1.29 is 22.4 Å². The monoisotopic (exact) mass is 421 g/mol. The van der Waals surface area contributed by atoms with Crippen LogP contribution in [0.15, 0.2) is 54.6 Å². The average molecular weight is 421 g/mol. The molecule has 0 saturated heterocycles. The van der Waals surface area contributed by atoms with Crippen LogP contribution in [0, 0.1) is 5.82 Å². The van der Waals surface area contributed by atoms with Gasteiger partial charge in [0.05, 0.1) is 11.9 Å². The molecule has 2 rings (SSSR count). The van der Waals surface area contributed by atoms with E-state index in [1.165, 1.54) is 37.1 Å². The number of anilines is 1. The Hall–Kier alpha value is -2.94. The Bertz CT molecular complexity index is 967. The standard InChI is InChI=1S/C20H24FN3O4S/c1-15(20(26)22-2)23(13-16-9-7-8-12-18(16)21)19(25)14-24(29(3,27)28)17-10-5-4-6-11-17/h4-12,15H,13-14H2,1-3H3,(H,22,26). The SMILES string of the molecule is CNC(=O)C(C)N(Cc1ccccc1F)C(=O)CN(c1ccccc1)S(C)(=O)=O. The largest absolute Gasteiger partial charge is 0.357 e. The highest BCUT2D eigenvalue weighted by atomic mass is 32.2. The summed E-state index contributed by atoms with van der Waals surface area (Å²) in [5, 5.41) is 2.46. The van der Waals surface area contributed by atoms with E-state index in [1.807, 2.05) is 0 Å². The number of nitrogens with one attached hydrogen (secondary N) is 1. The molecule has 0 spiro atoms. The van der Waals surface area contributed by atoms with E-state index in [1.54, 1.807) is 36.4 Å². The highest BCUT2D eigenvalue weighted by Gasteiger charge is 2.30. The highest BCUT2D eigenvalue weighted by Crippen LogP contribution is 2.19. The number of nitrogens with zero attached hydrogens (tertiary/aromatic N) is 2. The molecule has 0 fully saturated rings. The van der Waals surface area contributed by atoms with Gasteiger partial charge in [0.1, 0.15) is 18.4 Å². The molecule has 0 heterocycles. The summed E-state index contributed by atoms with van der Waals surface area (Å²) < 4.78 is 39.6. The summed E-state index contributed by atoms with van der Waals surface area (Å²) in [5.41, 5.74) is 0.545. The highest BCUT2D eigenvalue weighted by molar-refractivity contribution is 7.92. The third kappa shape index (κ3) is 5.77. The topological polar surface area (TPSA) is 86.8 Å². The molecule has 0 aliphatic heterocycles. The number of hydrogen-bond acceptors (Lipinski definition) is 4. The number of likely N-dealkylation sites (N-methyl/N-ethyl adjacent to an activating group) is 1. The number of hydrogen-bond donors (Lipinski definition) is 1. The van der Waals surface area contributed by atoms with Gasteiger partial charge in [0.15, 0.2) is 0 Å². The molecule has 1 atom stereocenters. The molecule has 2 aromatic carbocycles. The molecule has 9 heteroatoms. The zero-order valence-electron chi connectivity index (χ0n) is 16.5. The van der Waals surface area contributed by atoms with E-state index in [-0.39, 0.29) is 12.1 Å². The second-order valence-electron chi connectivity index (χ2n) is 6.51. The number of benzene rings is 2. The number of rotatable bonds is 8. The van der Waals surface area contributed by atoms with Gasteiger partial charge < -0.3 is 10.2 Å². The van der Waals surface area contributed by atoms with E-state index >= 15 is 0 Å². The summed E-state index contributed by atoms with van der Waals surface area (Å²) in [6.07, 6.45) is 0.997. The van der Waals surface area contributed by atoms with Crippen LogP contribution in [0.1, 0.15) is 12.5 Å². The molecule has 1 N–H and O–H groups in total. The third-order valence-corrected chi connectivity index (χ3v) is 5.58. The Kier molecular flexibility index (Phi) is 7.33. The van der Waals surface area contributed by atoms with Crippen molar-refractivity contribution >= 4 is 27.5 Å². The van der Waals surface area contributed by atoms with Crippen LogP contribution in [0.3, 0.4) is 0 Å². The number of carbonyl (C=O) groups excluding carboxylic acids is 2. The van der Waals surface area contributed by atoms with Crippen molar-refractivity contribution in [1.29, 1.82) is 0 Å². The van der Waals surface area contributed by atoms with Gasteiger partial charge in [-0.3, -0.25) is 13.9 Å². The summed E-state index contributed by atoms with van der Waals surface area (Å²) in [6, 6.07) is 13.2. The lowest BCUT2D eigenvalue weighted by Crippen LogP contribution is -2.50. The number of halogens is 1. The van der Waals surface area contributed by atoms with Crippen molar-refractivity contribution in [3.63, 3.8) is 0 Å². The molecule has 0 bridgehead atoms. The van der Waals surface area contributed by atoms with Crippen LogP contribution in [0.4, 0.5) is 10.1 Å². The van der Waals surface area contributed by atoms with E-state index in [0.29, 0.717) is 5.69 Å². The predicted octanol–water partition coefficient (Wildman–Crippen LogP) is 1.75. The van der Waals surface area contributed by atoms with Gasteiger partial charge in [0.25, 0.3) is 0 Å². The Morgan fingerprint density at radius 1 is 1.07 bits per heavy atom. The van der Waals surface area contributed by atoms with Crippen molar-refractivity contribution in [3.05, 3.63) is 66.0 Å². The predicted molar refractivity (Wildman–Crippen MR) is 109 cm³/mol. The van der Waals surface area contributed by atoms with Gasteiger partial charge in [-0.15, -0.1) is 0 Å². The van der Waals surface area contributed by atoms with Crippen LogP contribution < -0.4 is 9.62 Å². The smallest absolute Gasteiger partial charge is 0.244 e. The van der Waals surface area contributed by atoms with Crippen LogP contribution in [-0.4, -0.2) is 51.0 Å². The summed E-state index contributed by atoms with van der Waals surface area (Å²) in [5.74, 6) is -1.59. The molecule has 1 unspecified atom stereocenters. The fraction of sp³-hybridized carbons (Fsp3) is 0.300. The van der Waals surface area contributed by atoms with Gasteiger partial charge in [0, 0.05) is 19.2 Å². The van der Waals surface area contributed by atoms with E-state index < -0.39 is 40.2 Å². The van der Waals surface area contributed by atoms with Crippen LogP contribution in [0.5, 0.6) is 0 Å². The second-order valence-corrected chi connectivity index (χ2v) is 8.42. The minimum Gasteiger partial charge on any atom is -0.357 e. The minimum absolute atomic E-state index is 0.174. The Balaban J connectivity index is 2.37. The average Bonchev–Trinajstić information content (AvgIpc) is 2.69. The minimum atomic E-state index is -3.77. The maximum atomic E-state index is 14.1. The maximum absolute atomic E-state index is 14.1. The van der Waals surface area contributed by atoms with Crippen LogP contribution in [0.2, 0.25) is 0 Å². The summed E-state index contributed by atoms with van der Waals surface area (Å²) in [7, 11) is -2.34. The lowest BCUT2D eigenvalue weighted by molar-refractivity contribution is -0.139. The van der Waals surface area contributed by atoms with E-state index in [0.717, 1.165) is 10.6 Å². The van der Waals surface area contributed by atoms with Gasteiger partial charge >= 0.3 is 0 Å². The third-order valence-electron chi connectivity index (χ3n) is 4.44. The van der Waals surface area contributed by atoms with Crippen LogP contribution >= 0.6 is 0 Å². The number of para-hydroxylation sites is 1. The van der Waals surface area contributed by atoms with E-state index in [4.69, 9.17) is 0 Å². The van der Waals surface area contributed by atoms with Gasteiger partial charge in [-0.2, -0.15) is 0 Å². The first-order chi connectivity index (χ1) is 13.6. The fourth-order valence-corrected chi connectivity index (χ4v) is 3.66. The molecule has 2 aromatic rings. The molecule has 0 aliphatic rings. The quantitative estimate of drug-likeness (QED) is 0.704. The lowest BCUT2D eigenvalue weighted by atomic mass is 10.1. The number of amides is 2. The van der Waals surface area contributed by atoms with Gasteiger partial charge in [-0.25, -0.2) is 12.8 Å². The molecule has 0 radical (unpaired) electrons. The molecule has 0 aliphatic carbocycles. The van der Waals surface area contributed by atoms with Crippen LogP contribution in [0.25, 0.3) is 0 Å². The summed E-state index contributed by atoms with van der Waals surface area (Å²) in [6.45, 7) is 0.815. The first kappa shape index (κ1) is 22.4. The van der Waals surface area contributed by atoms with Crippen LogP contribution in [-0.2, 0) is 26.2 Å². The maximum Gasteiger partial charge on any atom is 0.244 e. The van der Waals surface area contributed by atoms with Crippen molar-refractivity contribution in [3.8, 4) is 0 Å². The first-order valence-electron chi connectivity index (χ1n) is 8.92. The molecule has 29 heavy (non-hydrogen) atoms. The zero-order chi connectivity index (χ0) is 21.6. The Labute approximate surface area is 170 Å². The molecular weight excluding hydrogens is 397 g/mol. The summed E-state index contributed by atoms with van der Waals surface area (Å²) >= 11 is 0. The molecule has 0 aromatic heterocycles. The van der Waals surface area contributed by atoms with Crippen molar-refractivity contribution in [2.45, 2.75) is 19.5 Å². The normalized spacial score (nSPS) is 12.1. The second kappa shape index (κ2) is 9.51. The molecule has 156 valence electrons. The van der Waals surface area contributed by atoms with Crippen molar-refractivity contribution in [2.24, 2.45) is 0 Å². The molecule has 2 amide bonds.